The molecule has 1 heterocycles. The zero-order valence-corrected chi connectivity index (χ0v) is 12.0. The summed E-state index contributed by atoms with van der Waals surface area (Å²) in [4.78, 5) is 24.1. The van der Waals surface area contributed by atoms with Crippen LogP contribution in [0.15, 0.2) is 36.2 Å². The Hall–Kier alpha value is -2.20. The molecule has 1 aromatic carbocycles. The Morgan fingerprint density at radius 2 is 2.10 bits per heavy atom. The number of carbonyl (C=O) groups excluding carboxylic acids is 1. The average Bonchev–Trinajstić information content (AvgIpc) is 2.45. The van der Waals surface area contributed by atoms with Gasteiger partial charge in [0.1, 0.15) is 12.4 Å². The third-order valence-electron chi connectivity index (χ3n) is 2.76. The first-order valence-corrected chi connectivity index (χ1v) is 6.86. The highest BCUT2D eigenvalue weighted by Gasteiger charge is 2.09. The summed E-state index contributed by atoms with van der Waals surface area (Å²) >= 11 is 1.47. The van der Waals surface area contributed by atoms with Gasteiger partial charge in [-0.3, -0.25) is 9.59 Å². The van der Waals surface area contributed by atoms with E-state index < -0.39 is 0 Å². The molecule has 0 saturated heterocycles. The van der Waals surface area contributed by atoms with Crippen LogP contribution in [0, 0.1) is 0 Å². The molecule has 0 atom stereocenters. The van der Waals surface area contributed by atoms with Crippen LogP contribution in [0.25, 0.3) is 22.2 Å². The molecule has 0 saturated carbocycles. The minimum absolute atomic E-state index is 0.00217. The van der Waals surface area contributed by atoms with E-state index in [0.717, 1.165) is 9.58 Å². The number of benzene rings is 1. The van der Waals surface area contributed by atoms with Gasteiger partial charge in [-0.15, -0.1) is 11.3 Å². The molecule has 2 aromatic rings. The van der Waals surface area contributed by atoms with Crippen LogP contribution in [0.5, 0.6) is 5.75 Å². The van der Waals surface area contributed by atoms with Gasteiger partial charge in [0.25, 0.3) is 0 Å². The van der Waals surface area contributed by atoms with Gasteiger partial charge < -0.3 is 4.74 Å². The first-order chi connectivity index (χ1) is 9.56. The molecule has 2 rings (SSSR count). The van der Waals surface area contributed by atoms with Gasteiger partial charge in [-0.25, -0.2) is 0 Å². The van der Waals surface area contributed by atoms with Crippen LogP contribution in [-0.2, 0) is 4.79 Å². The first-order valence-electron chi connectivity index (χ1n) is 6.04. The summed E-state index contributed by atoms with van der Waals surface area (Å²) in [6, 6.07) is 5.23. The summed E-state index contributed by atoms with van der Waals surface area (Å²) in [5.74, 6) is 0.447. The summed E-state index contributed by atoms with van der Waals surface area (Å²) in [6.45, 7) is 8.84. The molecule has 0 amide bonds. The lowest BCUT2D eigenvalue weighted by Crippen LogP contribution is -2.08. The van der Waals surface area contributed by atoms with Crippen LogP contribution in [0.3, 0.4) is 0 Å². The number of ketones is 1. The van der Waals surface area contributed by atoms with Gasteiger partial charge >= 0.3 is 0 Å². The van der Waals surface area contributed by atoms with Gasteiger partial charge in [0.2, 0.25) is 0 Å². The van der Waals surface area contributed by atoms with E-state index in [2.05, 4.69) is 13.2 Å². The Bertz CT molecular complexity index is 756. The number of Topliss-reactive ketones (excluding diaryl/α,β-unsaturated/α-hetero) is 1. The summed E-state index contributed by atoms with van der Waals surface area (Å²) in [5.41, 5.74) is 0.443. The Kier molecular flexibility index (Phi) is 4.15. The lowest BCUT2D eigenvalue weighted by molar-refractivity contribution is -0.118. The fourth-order valence-corrected chi connectivity index (χ4v) is 2.83. The van der Waals surface area contributed by atoms with Crippen LogP contribution < -0.4 is 10.2 Å². The van der Waals surface area contributed by atoms with Gasteiger partial charge in [0.15, 0.2) is 11.2 Å². The molecule has 3 nitrogen and oxygen atoms in total. The number of hydrogen-bond donors (Lipinski definition) is 0. The number of hydrogen-bond acceptors (Lipinski definition) is 4. The first kappa shape index (κ1) is 14.2. The number of carbonyl (C=O) groups is 1. The van der Waals surface area contributed by atoms with Gasteiger partial charge in [-0.2, -0.15) is 0 Å². The second kappa shape index (κ2) is 5.84. The molecular formula is C16H14O3S. The van der Waals surface area contributed by atoms with Crippen LogP contribution >= 0.6 is 11.3 Å². The molecule has 102 valence electrons. The topological polar surface area (TPSA) is 43.4 Å². The lowest BCUT2D eigenvalue weighted by atomic mass is 10.1. The monoisotopic (exact) mass is 286 g/mol. The van der Waals surface area contributed by atoms with Crippen molar-refractivity contribution in [2.24, 2.45) is 0 Å². The number of ether oxygens (including phenoxy) is 1. The molecule has 0 spiro atoms. The Morgan fingerprint density at radius 3 is 2.70 bits per heavy atom. The van der Waals surface area contributed by atoms with E-state index in [0.29, 0.717) is 16.7 Å². The number of rotatable bonds is 5. The minimum Gasteiger partial charge on any atom is -0.486 e. The normalized spacial score (nSPS) is 10.2. The van der Waals surface area contributed by atoms with Gasteiger partial charge in [-0.1, -0.05) is 25.3 Å². The molecule has 0 aliphatic heterocycles. The average molecular weight is 286 g/mol. The highest BCUT2D eigenvalue weighted by molar-refractivity contribution is 7.19. The Labute approximate surface area is 120 Å². The van der Waals surface area contributed by atoms with Crippen molar-refractivity contribution in [2.45, 2.75) is 6.92 Å². The summed E-state index contributed by atoms with van der Waals surface area (Å²) in [7, 11) is 0. The van der Waals surface area contributed by atoms with Crippen LogP contribution in [0.1, 0.15) is 17.4 Å². The quantitative estimate of drug-likeness (QED) is 0.844. The SMILES string of the molecule is C=Cc1sc2ccc(OCC(C)=O)cc2c(=O)c1C=C. The molecule has 0 N–H and O–H groups in total. The van der Waals surface area contributed by atoms with E-state index in [4.69, 9.17) is 4.74 Å². The highest BCUT2D eigenvalue weighted by Crippen LogP contribution is 2.26. The fraction of sp³-hybridized carbons (Fsp3) is 0.125. The van der Waals surface area contributed by atoms with E-state index in [9.17, 15) is 9.59 Å². The fourth-order valence-electron chi connectivity index (χ4n) is 1.83. The standard InChI is InChI=1S/C16H14O3S/c1-4-12-14(5-2)20-15-7-6-11(19-9-10(3)17)8-13(15)16(12)18/h4-8H,1-2,9H2,3H3. The van der Waals surface area contributed by atoms with Crippen LogP contribution in [0.4, 0.5) is 0 Å². The van der Waals surface area contributed by atoms with Crippen molar-refractivity contribution < 1.29 is 9.53 Å². The largest absolute Gasteiger partial charge is 0.486 e. The Balaban J connectivity index is 2.59. The zero-order valence-electron chi connectivity index (χ0n) is 11.1. The van der Waals surface area contributed by atoms with E-state index in [1.54, 1.807) is 24.3 Å². The van der Waals surface area contributed by atoms with Crippen molar-refractivity contribution in [3.05, 3.63) is 52.0 Å². The van der Waals surface area contributed by atoms with Crippen LogP contribution in [-0.4, -0.2) is 12.4 Å². The van der Waals surface area contributed by atoms with Gasteiger partial charge in [-0.05, 0) is 25.1 Å². The van der Waals surface area contributed by atoms with E-state index >= 15 is 0 Å². The maximum Gasteiger partial charge on any atom is 0.195 e. The predicted octanol–water partition coefficient (Wildman–Crippen LogP) is 3.52. The Morgan fingerprint density at radius 1 is 1.35 bits per heavy atom. The molecule has 0 unspecified atom stereocenters. The minimum atomic E-state index is -0.100. The van der Waals surface area contributed by atoms with Crippen molar-refractivity contribution in [1.29, 1.82) is 0 Å². The molecule has 0 bridgehead atoms. The molecule has 20 heavy (non-hydrogen) atoms. The maximum atomic E-state index is 12.4. The van der Waals surface area contributed by atoms with Crippen molar-refractivity contribution >= 4 is 39.4 Å². The molecule has 0 fully saturated rings. The molecule has 0 aliphatic carbocycles. The van der Waals surface area contributed by atoms with E-state index in [1.807, 2.05) is 6.07 Å². The molecular weight excluding hydrogens is 272 g/mol. The smallest absolute Gasteiger partial charge is 0.195 e. The summed E-state index contributed by atoms with van der Waals surface area (Å²) in [5, 5.41) is 0.566. The van der Waals surface area contributed by atoms with E-state index in [1.165, 1.54) is 18.3 Å². The van der Waals surface area contributed by atoms with Crippen molar-refractivity contribution in [3.63, 3.8) is 0 Å². The van der Waals surface area contributed by atoms with Crippen molar-refractivity contribution in [3.8, 4) is 5.75 Å². The second-order valence-corrected chi connectivity index (χ2v) is 5.35. The van der Waals surface area contributed by atoms with E-state index in [-0.39, 0.29) is 17.8 Å². The molecule has 4 heteroatoms. The molecule has 1 aromatic heterocycles. The molecule has 0 radical (unpaired) electrons. The maximum absolute atomic E-state index is 12.4. The van der Waals surface area contributed by atoms with Gasteiger partial charge in [0.05, 0.1) is 0 Å². The zero-order chi connectivity index (χ0) is 14.7. The predicted molar refractivity (Wildman–Crippen MR) is 84.5 cm³/mol. The highest BCUT2D eigenvalue weighted by atomic mass is 32.1. The summed E-state index contributed by atoms with van der Waals surface area (Å²) in [6.07, 6.45) is 3.20. The van der Waals surface area contributed by atoms with Crippen molar-refractivity contribution in [1.82, 2.24) is 0 Å². The summed E-state index contributed by atoms with van der Waals surface area (Å²) < 4.78 is 6.18. The molecule has 0 aliphatic rings. The van der Waals surface area contributed by atoms with Gasteiger partial charge in [0, 0.05) is 20.5 Å². The second-order valence-electron chi connectivity index (χ2n) is 4.27. The lowest BCUT2D eigenvalue weighted by Gasteiger charge is -2.07. The van der Waals surface area contributed by atoms with Crippen molar-refractivity contribution in [2.75, 3.05) is 6.61 Å². The third kappa shape index (κ3) is 2.70. The number of fused-ring (bicyclic) bond motifs is 1. The third-order valence-corrected chi connectivity index (χ3v) is 3.94. The van der Waals surface area contributed by atoms with Crippen LogP contribution in [0.2, 0.25) is 0 Å².